The van der Waals surface area contributed by atoms with Crippen molar-refractivity contribution in [3.05, 3.63) is 35.9 Å². The summed E-state index contributed by atoms with van der Waals surface area (Å²) in [6.45, 7) is 0.842. The van der Waals surface area contributed by atoms with Gasteiger partial charge in [-0.3, -0.25) is 4.79 Å². The van der Waals surface area contributed by atoms with Crippen molar-refractivity contribution in [2.45, 2.75) is 44.6 Å². The van der Waals surface area contributed by atoms with Gasteiger partial charge in [0.25, 0.3) is 0 Å². The van der Waals surface area contributed by atoms with Gasteiger partial charge in [-0.2, -0.15) is 0 Å². The SMILES string of the molecule is CN(CCCCc1ccccc1)C(=O)[C@@H]1CCC[C@H]1N. The molecule has 0 spiro atoms. The zero-order valence-corrected chi connectivity index (χ0v) is 12.4. The van der Waals surface area contributed by atoms with Gasteiger partial charge in [-0.1, -0.05) is 36.8 Å². The molecule has 0 saturated heterocycles. The third-order valence-electron chi connectivity index (χ3n) is 4.31. The van der Waals surface area contributed by atoms with Crippen molar-refractivity contribution in [2.24, 2.45) is 11.7 Å². The van der Waals surface area contributed by atoms with E-state index >= 15 is 0 Å². The minimum Gasteiger partial charge on any atom is -0.345 e. The van der Waals surface area contributed by atoms with E-state index in [1.54, 1.807) is 0 Å². The van der Waals surface area contributed by atoms with Crippen LogP contribution in [0.3, 0.4) is 0 Å². The van der Waals surface area contributed by atoms with E-state index in [2.05, 4.69) is 24.3 Å². The van der Waals surface area contributed by atoms with Gasteiger partial charge in [0.05, 0.1) is 5.92 Å². The molecule has 1 aliphatic carbocycles. The normalized spacial score (nSPS) is 21.9. The number of hydrogen-bond donors (Lipinski definition) is 1. The number of hydrogen-bond acceptors (Lipinski definition) is 2. The monoisotopic (exact) mass is 274 g/mol. The first-order chi connectivity index (χ1) is 9.68. The Morgan fingerprint density at radius 3 is 2.65 bits per heavy atom. The van der Waals surface area contributed by atoms with E-state index in [0.29, 0.717) is 0 Å². The Morgan fingerprint density at radius 2 is 2.00 bits per heavy atom. The van der Waals surface area contributed by atoms with Gasteiger partial charge in [0.2, 0.25) is 5.91 Å². The first kappa shape index (κ1) is 15.0. The summed E-state index contributed by atoms with van der Waals surface area (Å²) in [6, 6.07) is 10.6. The zero-order chi connectivity index (χ0) is 14.4. The molecule has 2 atom stereocenters. The maximum absolute atomic E-state index is 12.3. The van der Waals surface area contributed by atoms with Gasteiger partial charge in [-0.05, 0) is 37.7 Å². The summed E-state index contributed by atoms with van der Waals surface area (Å²) in [5, 5.41) is 0. The molecule has 1 aliphatic rings. The number of rotatable bonds is 6. The van der Waals surface area contributed by atoms with E-state index in [0.717, 1.165) is 45.1 Å². The molecule has 0 aromatic heterocycles. The van der Waals surface area contributed by atoms with Crippen LogP contribution in [-0.2, 0) is 11.2 Å². The van der Waals surface area contributed by atoms with Crippen molar-refractivity contribution >= 4 is 5.91 Å². The summed E-state index contributed by atoms with van der Waals surface area (Å²) in [6.07, 6.45) is 6.33. The molecule has 3 nitrogen and oxygen atoms in total. The first-order valence-electron chi connectivity index (χ1n) is 7.73. The molecule has 0 unspecified atom stereocenters. The summed E-state index contributed by atoms with van der Waals surface area (Å²) in [5.41, 5.74) is 7.38. The summed E-state index contributed by atoms with van der Waals surface area (Å²) in [5.74, 6) is 0.309. The van der Waals surface area contributed by atoms with E-state index in [-0.39, 0.29) is 17.9 Å². The second-order valence-electron chi connectivity index (χ2n) is 5.90. The van der Waals surface area contributed by atoms with Crippen LogP contribution in [0.5, 0.6) is 0 Å². The van der Waals surface area contributed by atoms with Gasteiger partial charge in [-0.15, -0.1) is 0 Å². The third kappa shape index (κ3) is 4.07. The fourth-order valence-corrected chi connectivity index (χ4v) is 3.01. The molecule has 0 aliphatic heterocycles. The second kappa shape index (κ2) is 7.44. The summed E-state index contributed by atoms with van der Waals surface area (Å²) >= 11 is 0. The molecule has 1 aromatic carbocycles. The number of nitrogens with two attached hydrogens (primary N) is 1. The molecule has 1 fully saturated rings. The van der Waals surface area contributed by atoms with Gasteiger partial charge >= 0.3 is 0 Å². The van der Waals surface area contributed by atoms with Crippen LogP contribution in [0.4, 0.5) is 0 Å². The van der Waals surface area contributed by atoms with Crippen molar-refractivity contribution in [1.82, 2.24) is 4.90 Å². The molecule has 2 N–H and O–H groups in total. The van der Waals surface area contributed by atoms with E-state index in [1.807, 2.05) is 18.0 Å². The van der Waals surface area contributed by atoms with Crippen molar-refractivity contribution < 1.29 is 4.79 Å². The number of nitrogens with zero attached hydrogens (tertiary/aromatic N) is 1. The van der Waals surface area contributed by atoms with E-state index in [1.165, 1.54) is 5.56 Å². The number of carbonyl (C=O) groups is 1. The lowest BCUT2D eigenvalue weighted by Crippen LogP contribution is -2.40. The van der Waals surface area contributed by atoms with Crippen LogP contribution in [0.2, 0.25) is 0 Å². The first-order valence-corrected chi connectivity index (χ1v) is 7.73. The van der Waals surface area contributed by atoms with Crippen molar-refractivity contribution in [1.29, 1.82) is 0 Å². The smallest absolute Gasteiger partial charge is 0.226 e. The van der Waals surface area contributed by atoms with Gasteiger partial charge in [-0.25, -0.2) is 0 Å². The number of unbranched alkanes of at least 4 members (excludes halogenated alkanes) is 1. The Balaban J connectivity index is 1.67. The third-order valence-corrected chi connectivity index (χ3v) is 4.31. The lowest BCUT2D eigenvalue weighted by Gasteiger charge is -2.23. The molecule has 1 amide bonds. The van der Waals surface area contributed by atoms with Crippen LogP contribution >= 0.6 is 0 Å². The molecular formula is C17H26N2O. The number of aryl methyl sites for hydroxylation is 1. The fraction of sp³-hybridized carbons (Fsp3) is 0.588. The lowest BCUT2D eigenvalue weighted by molar-refractivity contribution is -0.134. The van der Waals surface area contributed by atoms with Crippen LogP contribution in [0.25, 0.3) is 0 Å². The average molecular weight is 274 g/mol. The quantitative estimate of drug-likeness (QED) is 0.811. The molecule has 110 valence electrons. The Morgan fingerprint density at radius 1 is 1.25 bits per heavy atom. The molecule has 1 saturated carbocycles. The van der Waals surface area contributed by atoms with Crippen molar-refractivity contribution in [3.63, 3.8) is 0 Å². The van der Waals surface area contributed by atoms with Crippen LogP contribution in [0, 0.1) is 5.92 Å². The lowest BCUT2D eigenvalue weighted by atomic mass is 10.0. The van der Waals surface area contributed by atoms with Crippen LogP contribution in [-0.4, -0.2) is 30.4 Å². The molecule has 1 aromatic rings. The number of amides is 1. The standard InChI is InChI=1S/C17H26N2O/c1-19(17(20)15-11-7-12-16(15)18)13-6-5-10-14-8-3-2-4-9-14/h2-4,8-9,15-16H,5-7,10-13,18H2,1H3/t15-,16-/m1/s1. The number of benzene rings is 1. The minimum atomic E-state index is 0.0640. The fourth-order valence-electron chi connectivity index (χ4n) is 3.01. The Bertz CT molecular complexity index is 418. The van der Waals surface area contributed by atoms with E-state index < -0.39 is 0 Å². The van der Waals surface area contributed by atoms with Gasteiger partial charge in [0, 0.05) is 19.6 Å². The largest absolute Gasteiger partial charge is 0.345 e. The average Bonchev–Trinajstić information content (AvgIpc) is 2.90. The summed E-state index contributed by atoms with van der Waals surface area (Å²) in [4.78, 5) is 14.1. The van der Waals surface area contributed by atoms with Crippen LogP contribution in [0.15, 0.2) is 30.3 Å². The highest BCUT2D eigenvalue weighted by Gasteiger charge is 2.31. The van der Waals surface area contributed by atoms with Crippen molar-refractivity contribution in [2.75, 3.05) is 13.6 Å². The van der Waals surface area contributed by atoms with Crippen LogP contribution in [0.1, 0.15) is 37.7 Å². The predicted molar refractivity (Wildman–Crippen MR) is 82.3 cm³/mol. The Hall–Kier alpha value is -1.35. The number of carbonyl (C=O) groups excluding carboxylic acids is 1. The molecule has 2 rings (SSSR count). The van der Waals surface area contributed by atoms with E-state index in [4.69, 9.17) is 5.73 Å². The minimum absolute atomic E-state index is 0.0640. The molecule has 0 bridgehead atoms. The topological polar surface area (TPSA) is 46.3 Å². The maximum Gasteiger partial charge on any atom is 0.226 e. The zero-order valence-electron chi connectivity index (χ0n) is 12.4. The second-order valence-corrected chi connectivity index (χ2v) is 5.90. The Kier molecular flexibility index (Phi) is 5.60. The molecule has 0 radical (unpaired) electrons. The van der Waals surface area contributed by atoms with E-state index in [9.17, 15) is 4.79 Å². The highest BCUT2D eigenvalue weighted by atomic mass is 16.2. The highest BCUT2D eigenvalue weighted by molar-refractivity contribution is 5.79. The van der Waals surface area contributed by atoms with Gasteiger partial charge in [0.15, 0.2) is 0 Å². The summed E-state index contributed by atoms with van der Waals surface area (Å²) in [7, 11) is 1.91. The summed E-state index contributed by atoms with van der Waals surface area (Å²) < 4.78 is 0. The van der Waals surface area contributed by atoms with Gasteiger partial charge in [0.1, 0.15) is 0 Å². The predicted octanol–water partition coefficient (Wildman–Crippen LogP) is 2.60. The van der Waals surface area contributed by atoms with Crippen molar-refractivity contribution in [3.8, 4) is 0 Å². The van der Waals surface area contributed by atoms with Gasteiger partial charge < -0.3 is 10.6 Å². The molecular weight excluding hydrogens is 248 g/mol. The molecule has 0 heterocycles. The Labute approximate surface area is 122 Å². The van der Waals surface area contributed by atoms with Crippen LogP contribution < -0.4 is 5.73 Å². The highest BCUT2D eigenvalue weighted by Crippen LogP contribution is 2.25. The molecule has 20 heavy (non-hydrogen) atoms. The molecule has 3 heteroatoms. The maximum atomic E-state index is 12.3.